The van der Waals surface area contributed by atoms with Crippen molar-refractivity contribution in [2.24, 2.45) is 0 Å². The van der Waals surface area contributed by atoms with Gasteiger partial charge in [0.15, 0.2) is 0 Å². The van der Waals surface area contributed by atoms with Crippen LogP contribution in [-0.4, -0.2) is 12.8 Å². The summed E-state index contributed by atoms with van der Waals surface area (Å²) in [5.74, 6) is 0.866. The van der Waals surface area contributed by atoms with E-state index >= 15 is 0 Å². The molecular formula is C11H12N2O. The van der Waals surface area contributed by atoms with E-state index in [1.807, 2.05) is 18.2 Å². The average molecular weight is 188 g/mol. The number of hydrogen-bond donors (Lipinski definition) is 1. The zero-order valence-corrected chi connectivity index (χ0v) is 8.08. The van der Waals surface area contributed by atoms with Gasteiger partial charge in [0, 0.05) is 12.1 Å². The lowest BCUT2D eigenvalue weighted by molar-refractivity contribution is 0.112. The summed E-state index contributed by atoms with van der Waals surface area (Å²) in [6, 6.07) is 5.59. The molecular weight excluding hydrogens is 176 g/mol. The highest BCUT2D eigenvalue weighted by Crippen LogP contribution is 2.35. The van der Waals surface area contributed by atoms with Crippen molar-refractivity contribution in [3.05, 3.63) is 36.2 Å². The van der Waals surface area contributed by atoms with Crippen LogP contribution in [0.15, 0.2) is 30.6 Å². The number of fused-ring (bicyclic) bond motifs is 1. The van der Waals surface area contributed by atoms with Gasteiger partial charge in [-0.05, 0) is 25.1 Å². The number of anilines is 2. The topological polar surface area (TPSA) is 32.3 Å². The second kappa shape index (κ2) is 3.18. The second-order valence-electron chi connectivity index (χ2n) is 3.21. The largest absolute Gasteiger partial charge is 0.340 e. The zero-order valence-electron chi connectivity index (χ0n) is 8.08. The van der Waals surface area contributed by atoms with Gasteiger partial charge in [0.05, 0.1) is 11.4 Å². The van der Waals surface area contributed by atoms with Crippen molar-refractivity contribution in [2.45, 2.75) is 6.92 Å². The Kier molecular flexibility index (Phi) is 2.00. The van der Waals surface area contributed by atoms with Crippen molar-refractivity contribution in [3.63, 3.8) is 0 Å². The smallest absolute Gasteiger partial charge is 0.150 e. The van der Waals surface area contributed by atoms with Gasteiger partial charge >= 0.3 is 0 Å². The van der Waals surface area contributed by atoms with Crippen molar-refractivity contribution >= 4 is 17.7 Å². The highest BCUT2D eigenvalue weighted by molar-refractivity contribution is 5.86. The Morgan fingerprint density at radius 2 is 2.36 bits per heavy atom. The van der Waals surface area contributed by atoms with Crippen LogP contribution in [0.3, 0.4) is 0 Å². The van der Waals surface area contributed by atoms with E-state index in [1.165, 1.54) is 0 Å². The van der Waals surface area contributed by atoms with Gasteiger partial charge in [-0.2, -0.15) is 0 Å². The first-order valence-electron chi connectivity index (χ1n) is 4.59. The summed E-state index contributed by atoms with van der Waals surface area (Å²) >= 11 is 0. The molecule has 2 rings (SSSR count). The Bertz CT molecular complexity index is 398. The Hall–Kier alpha value is -1.77. The molecule has 0 saturated heterocycles. The third kappa shape index (κ3) is 1.18. The summed E-state index contributed by atoms with van der Waals surface area (Å²) in [7, 11) is 0. The molecule has 0 fully saturated rings. The Morgan fingerprint density at radius 1 is 1.57 bits per heavy atom. The van der Waals surface area contributed by atoms with Crippen LogP contribution in [0.2, 0.25) is 0 Å². The van der Waals surface area contributed by atoms with Gasteiger partial charge in [-0.3, -0.25) is 4.79 Å². The van der Waals surface area contributed by atoms with Gasteiger partial charge in [0.25, 0.3) is 0 Å². The molecule has 0 amide bonds. The molecule has 0 spiro atoms. The fourth-order valence-electron chi connectivity index (χ4n) is 1.69. The van der Waals surface area contributed by atoms with Crippen LogP contribution < -0.4 is 10.2 Å². The van der Waals surface area contributed by atoms with Crippen molar-refractivity contribution in [3.8, 4) is 0 Å². The molecule has 3 heteroatoms. The number of carbonyl (C=O) groups is 1. The number of nitrogens with zero attached hydrogens (tertiary/aromatic N) is 1. The summed E-state index contributed by atoms with van der Waals surface area (Å²) in [6.45, 7) is 6.84. The SMILES string of the molecule is C=C1Nc2cc(C=O)ccc2N1CC. The minimum Gasteiger partial charge on any atom is -0.340 e. The highest BCUT2D eigenvalue weighted by Gasteiger charge is 2.20. The molecule has 1 aliphatic heterocycles. The molecule has 0 saturated carbocycles. The molecule has 0 bridgehead atoms. The summed E-state index contributed by atoms with van der Waals surface area (Å²) in [5, 5.41) is 3.15. The molecule has 0 atom stereocenters. The van der Waals surface area contributed by atoms with Crippen molar-refractivity contribution in [1.29, 1.82) is 0 Å². The van der Waals surface area contributed by atoms with Crippen LogP contribution in [0.1, 0.15) is 17.3 Å². The number of hydrogen-bond acceptors (Lipinski definition) is 3. The minimum atomic E-state index is 0.682. The molecule has 1 aromatic carbocycles. The van der Waals surface area contributed by atoms with Crippen LogP contribution in [0.25, 0.3) is 0 Å². The molecule has 0 aromatic heterocycles. The summed E-state index contributed by atoms with van der Waals surface area (Å²) in [6.07, 6.45) is 0.847. The van der Waals surface area contributed by atoms with Crippen LogP contribution >= 0.6 is 0 Å². The van der Waals surface area contributed by atoms with Gasteiger partial charge < -0.3 is 10.2 Å². The maximum Gasteiger partial charge on any atom is 0.150 e. The summed E-state index contributed by atoms with van der Waals surface area (Å²) < 4.78 is 0. The van der Waals surface area contributed by atoms with Gasteiger partial charge in [0.2, 0.25) is 0 Å². The predicted octanol–water partition coefficient (Wildman–Crippen LogP) is 2.22. The van der Waals surface area contributed by atoms with Crippen LogP contribution in [0.5, 0.6) is 0 Å². The molecule has 0 radical (unpaired) electrons. The van der Waals surface area contributed by atoms with E-state index in [4.69, 9.17) is 0 Å². The minimum absolute atomic E-state index is 0.682. The molecule has 1 aromatic rings. The molecule has 1 N–H and O–H groups in total. The monoisotopic (exact) mass is 188 g/mol. The maximum absolute atomic E-state index is 10.6. The average Bonchev–Trinajstić information content (AvgIpc) is 2.51. The summed E-state index contributed by atoms with van der Waals surface area (Å²) in [5.41, 5.74) is 2.73. The number of nitrogens with one attached hydrogen (secondary N) is 1. The van der Waals surface area contributed by atoms with Crippen molar-refractivity contribution < 1.29 is 4.79 Å². The van der Waals surface area contributed by atoms with Gasteiger partial charge in [-0.25, -0.2) is 0 Å². The maximum atomic E-state index is 10.6. The lowest BCUT2D eigenvalue weighted by atomic mass is 10.2. The first-order chi connectivity index (χ1) is 6.76. The van der Waals surface area contributed by atoms with E-state index < -0.39 is 0 Å². The van der Waals surface area contributed by atoms with Crippen molar-refractivity contribution in [2.75, 3.05) is 16.8 Å². The quantitative estimate of drug-likeness (QED) is 0.722. The first-order valence-corrected chi connectivity index (χ1v) is 4.59. The predicted molar refractivity (Wildman–Crippen MR) is 57.6 cm³/mol. The standard InChI is InChI=1S/C11H12N2O/c1-3-13-8(2)12-10-6-9(7-14)4-5-11(10)13/h4-7,12H,2-3H2,1H3. The van der Waals surface area contributed by atoms with E-state index in [1.54, 1.807) is 0 Å². The zero-order chi connectivity index (χ0) is 10.1. The Labute approximate surface area is 83.0 Å². The van der Waals surface area contributed by atoms with Crippen molar-refractivity contribution in [1.82, 2.24) is 0 Å². The lowest BCUT2D eigenvalue weighted by Crippen LogP contribution is -2.18. The lowest BCUT2D eigenvalue weighted by Gasteiger charge is -2.15. The van der Waals surface area contributed by atoms with Gasteiger partial charge in [-0.15, -0.1) is 0 Å². The molecule has 14 heavy (non-hydrogen) atoms. The van der Waals surface area contributed by atoms with Gasteiger partial charge in [0.1, 0.15) is 12.1 Å². The van der Waals surface area contributed by atoms with E-state index in [0.29, 0.717) is 5.56 Å². The normalized spacial score (nSPS) is 13.8. The fourth-order valence-corrected chi connectivity index (χ4v) is 1.69. The Balaban J connectivity index is 2.47. The van der Waals surface area contributed by atoms with E-state index in [2.05, 4.69) is 23.7 Å². The second-order valence-corrected chi connectivity index (χ2v) is 3.21. The number of benzene rings is 1. The molecule has 0 aliphatic carbocycles. The Morgan fingerprint density at radius 3 is 3.00 bits per heavy atom. The summed E-state index contributed by atoms with van der Waals surface area (Å²) in [4.78, 5) is 12.6. The van der Waals surface area contributed by atoms with Crippen LogP contribution in [0.4, 0.5) is 11.4 Å². The van der Waals surface area contributed by atoms with Crippen LogP contribution in [-0.2, 0) is 0 Å². The van der Waals surface area contributed by atoms with Gasteiger partial charge in [-0.1, -0.05) is 6.58 Å². The molecule has 72 valence electrons. The first kappa shape index (κ1) is 8.81. The third-order valence-corrected chi connectivity index (χ3v) is 2.37. The highest BCUT2D eigenvalue weighted by atomic mass is 16.1. The van der Waals surface area contributed by atoms with Crippen LogP contribution in [0, 0.1) is 0 Å². The molecule has 0 unspecified atom stereocenters. The number of aldehydes is 1. The molecule has 3 nitrogen and oxygen atoms in total. The van der Waals surface area contributed by atoms with E-state index in [0.717, 1.165) is 30.0 Å². The van der Waals surface area contributed by atoms with E-state index in [9.17, 15) is 4.79 Å². The van der Waals surface area contributed by atoms with E-state index in [-0.39, 0.29) is 0 Å². The molecule has 1 heterocycles. The number of rotatable bonds is 2. The fraction of sp³-hybridized carbons (Fsp3) is 0.182. The molecule has 1 aliphatic rings. The number of carbonyl (C=O) groups excluding carboxylic acids is 1. The third-order valence-electron chi connectivity index (χ3n) is 2.37.